The lowest BCUT2D eigenvalue weighted by molar-refractivity contribution is 0.0261. The van der Waals surface area contributed by atoms with Crippen molar-refractivity contribution in [3.8, 4) is 0 Å². The molecule has 0 saturated heterocycles. The molecule has 1 N–H and O–H groups in total. The zero-order valence-corrected chi connectivity index (χ0v) is 9.10. The van der Waals surface area contributed by atoms with Crippen LogP contribution in [0.1, 0.15) is 25.8 Å². The molecule has 1 unspecified atom stereocenters. The largest absolute Gasteiger partial charge is 0.248 e. The van der Waals surface area contributed by atoms with Gasteiger partial charge < -0.3 is 0 Å². The average molecular weight is 204 g/mol. The first-order chi connectivity index (χ1) is 7.25. The van der Waals surface area contributed by atoms with Crippen molar-refractivity contribution in [1.29, 1.82) is 0 Å². The molecule has 15 heavy (non-hydrogen) atoms. The molecule has 80 valence electrons. The lowest BCUT2D eigenvalue weighted by Crippen LogP contribution is -2.19. The average Bonchev–Trinajstić information content (AvgIpc) is 2.67. The van der Waals surface area contributed by atoms with Gasteiger partial charge in [0.15, 0.2) is 12.1 Å². The van der Waals surface area contributed by atoms with Crippen LogP contribution >= 0.6 is 0 Å². The van der Waals surface area contributed by atoms with Gasteiger partial charge in [-0.05, 0) is 12.3 Å². The van der Waals surface area contributed by atoms with E-state index in [4.69, 9.17) is 4.84 Å². The van der Waals surface area contributed by atoms with Crippen LogP contribution in [0.4, 0.5) is 0 Å². The van der Waals surface area contributed by atoms with Crippen LogP contribution < -0.4 is 5.48 Å². The Labute approximate surface area is 90.1 Å². The summed E-state index contributed by atoms with van der Waals surface area (Å²) in [5.74, 6) is 1.43. The minimum absolute atomic E-state index is 0.0415. The van der Waals surface area contributed by atoms with Crippen LogP contribution in [-0.4, -0.2) is 12.1 Å². The molecular formula is C12H16N2O. The van der Waals surface area contributed by atoms with Gasteiger partial charge in [0, 0.05) is 5.56 Å². The van der Waals surface area contributed by atoms with Gasteiger partial charge in [0.05, 0.1) is 0 Å². The van der Waals surface area contributed by atoms with Crippen molar-refractivity contribution in [3.05, 3.63) is 35.9 Å². The predicted octanol–water partition coefficient (Wildman–Crippen LogP) is 2.34. The fraction of sp³-hybridized carbons (Fsp3) is 0.417. The van der Waals surface area contributed by atoms with Crippen LogP contribution in [0, 0.1) is 5.92 Å². The van der Waals surface area contributed by atoms with Gasteiger partial charge in [0.25, 0.3) is 0 Å². The maximum absolute atomic E-state index is 5.38. The Kier molecular flexibility index (Phi) is 3.02. The maximum Gasteiger partial charge on any atom is 0.177 e. The second kappa shape index (κ2) is 4.45. The van der Waals surface area contributed by atoms with E-state index in [0.717, 1.165) is 17.8 Å². The van der Waals surface area contributed by atoms with Gasteiger partial charge in [-0.2, -0.15) is 0 Å². The van der Waals surface area contributed by atoms with Crippen molar-refractivity contribution in [2.75, 3.05) is 0 Å². The molecule has 1 atom stereocenters. The van der Waals surface area contributed by atoms with Gasteiger partial charge in [-0.25, -0.2) is 15.3 Å². The fourth-order valence-electron chi connectivity index (χ4n) is 1.55. The molecule has 0 fully saturated rings. The molecule has 1 aromatic carbocycles. The fourth-order valence-corrected chi connectivity index (χ4v) is 1.55. The second-order valence-corrected chi connectivity index (χ2v) is 4.15. The van der Waals surface area contributed by atoms with Crippen molar-refractivity contribution in [3.63, 3.8) is 0 Å². The Hall–Kier alpha value is -1.35. The number of benzene rings is 1. The summed E-state index contributed by atoms with van der Waals surface area (Å²) in [5, 5.41) is 0. The third-order valence-corrected chi connectivity index (χ3v) is 2.28. The summed E-state index contributed by atoms with van der Waals surface area (Å²) in [4.78, 5) is 9.86. The smallest absolute Gasteiger partial charge is 0.177 e. The summed E-state index contributed by atoms with van der Waals surface area (Å²) in [6, 6.07) is 10.0. The van der Waals surface area contributed by atoms with E-state index in [1.807, 2.05) is 30.3 Å². The van der Waals surface area contributed by atoms with Crippen LogP contribution in [0.25, 0.3) is 0 Å². The van der Waals surface area contributed by atoms with Crippen molar-refractivity contribution in [2.45, 2.75) is 26.5 Å². The van der Waals surface area contributed by atoms with E-state index in [1.165, 1.54) is 0 Å². The van der Waals surface area contributed by atoms with E-state index in [1.54, 1.807) is 0 Å². The maximum atomic E-state index is 5.38. The molecule has 1 aromatic rings. The highest BCUT2D eigenvalue weighted by atomic mass is 16.7. The van der Waals surface area contributed by atoms with E-state index >= 15 is 0 Å². The number of hydroxylamine groups is 1. The predicted molar refractivity (Wildman–Crippen MR) is 60.4 cm³/mol. The number of aliphatic imine (C=N–C) groups is 1. The number of hydrogen-bond donors (Lipinski definition) is 1. The Balaban J connectivity index is 2.07. The molecule has 1 aliphatic rings. The van der Waals surface area contributed by atoms with Gasteiger partial charge in [0.2, 0.25) is 0 Å². The lowest BCUT2D eigenvalue weighted by atomic mass is 10.1. The first kappa shape index (κ1) is 10.2. The highest BCUT2D eigenvalue weighted by molar-refractivity contribution is 5.98. The molecule has 0 radical (unpaired) electrons. The number of nitrogens with zero attached hydrogens (tertiary/aromatic N) is 1. The van der Waals surface area contributed by atoms with Crippen LogP contribution in [-0.2, 0) is 4.84 Å². The van der Waals surface area contributed by atoms with Gasteiger partial charge in [0.1, 0.15) is 0 Å². The van der Waals surface area contributed by atoms with Crippen molar-refractivity contribution < 1.29 is 4.84 Å². The highest BCUT2D eigenvalue weighted by Crippen LogP contribution is 2.14. The Morgan fingerprint density at radius 1 is 1.33 bits per heavy atom. The second-order valence-electron chi connectivity index (χ2n) is 4.15. The minimum Gasteiger partial charge on any atom is -0.248 e. The van der Waals surface area contributed by atoms with Gasteiger partial charge in [-0.1, -0.05) is 44.2 Å². The molecule has 1 aliphatic heterocycles. The third kappa shape index (κ3) is 2.57. The normalized spacial score (nSPS) is 20.2. The standard InChI is InChI=1S/C12H16N2O/c1-9(2)8-11-13-12(14-15-11)10-6-4-3-5-7-10/h3-7,9,11H,8H2,1-2H3,(H,13,14). The van der Waals surface area contributed by atoms with Crippen molar-refractivity contribution in [1.82, 2.24) is 5.48 Å². The summed E-state index contributed by atoms with van der Waals surface area (Å²) in [6.07, 6.45) is 0.906. The molecule has 3 heteroatoms. The Morgan fingerprint density at radius 2 is 2.07 bits per heavy atom. The first-order valence-corrected chi connectivity index (χ1v) is 5.30. The van der Waals surface area contributed by atoms with E-state index in [2.05, 4.69) is 24.3 Å². The summed E-state index contributed by atoms with van der Waals surface area (Å²) in [5.41, 5.74) is 3.95. The molecule has 0 aromatic heterocycles. The Bertz CT molecular complexity index is 346. The molecule has 1 heterocycles. The zero-order valence-electron chi connectivity index (χ0n) is 9.10. The topological polar surface area (TPSA) is 33.6 Å². The van der Waals surface area contributed by atoms with E-state index < -0.39 is 0 Å². The van der Waals surface area contributed by atoms with Gasteiger partial charge >= 0.3 is 0 Å². The summed E-state index contributed by atoms with van der Waals surface area (Å²) in [6.45, 7) is 4.33. The van der Waals surface area contributed by atoms with Crippen molar-refractivity contribution >= 4 is 5.84 Å². The SMILES string of the molecule is CC(C)CC1N=C(c2ccccc2)NO1. The van der Waals surface area contributed by atoms with Gasteiger partial charge in [-0.15, -0.1) is 0 Å². The molecule has 0 bridgehead atoms. The summed E-state index contributed by atoms with van der Waals surface area (Å²) >= 11 is 0. The summed E-state index contributed by atoms with van der Waals surface area (Å²) < 4.78 is 0. The van der Waals surface area contributed by atoms with Crippen LogP contribution in [0.3, 0.4) is 0 Å². The highest BCUT2D eigenvalue weighted by Gasteiger charge is 2.19. The molecule has 0 amide bonds. The minimum atomic E-state index is -0.0415. The zero-order chi connectivity index (χ0) is 10.7. The van der Waals surface area contributed by atoms with Crippen molar-refractivity contribution in [2.24, 2.45) is 10.9 Å². The first-order valence-electron chi connectivity index (χ1n) is 5.30. The molecule has 0 spiro atoms. The monoisotopic (exact) mass is 204 g/mol. The van der Waals surface area contributed by atoms with E-state index in [9.17, 15) is 0 Å². The van der Waals surface area contributed by atoms with Crippen LogP contribution in [0.5, 0.6) is 0 Å². The molecule has 2 rings (SSSR count). The molecule has 0 aliphatic carbocycles. The third-order valence-electron chi connectivity index (χ3n) is 2.28. The van der Waals surface area contributed by atoms with Gasteiger partial charge in [-0.3, -0.25) is 0 Å². The Morgan fingerprint density at radius 3 is 2.73 bits per heavy atom. The lowest BCUT2D eigenvalue weighted by Gasteiger charge is -2.07. The number of amidine groups is 1. The van der Waals surface area contributed by atoms with E-state index in [-0.39, 0.29) is 6.23 Å². The van der Waals surface area contributed by atoms with E-state index in [0.29, 0.717) is 5.92 Å². The van der Waals surface area contributed by atoms with Crippen LogP contribution in [0.15, 0.2) is 35.3 Å². The quantitative estimate of drug-likeness (QED) is 0.819. The molecule has 0 saturated carbocycles. The van der Waals surface area contributed by atoms with Crippen LogP contribution in [0.2, 0.25) is 0 Å². The summed E-state index contributed by atoms with van der Waals surface area (Å²) in [7, 11) is 0. The molecule has 3 nitrogen and oxygen atoms in total. The molecular weight excluding hydrogens is 188 g/mol. The number of rotatable bonds is 3. The number of hydrogen-bond acceptors (Lipinski definition) is 3. The number of nitrogens with one attached hydrogen (secondary N) is 1.